The van der Waals surface area contributed by atoms with Crippen LogP contribution in [0.4, 0.5) is 11.8 Å². The molecule has 2 amide bonds. The molecule has 1 saturated heterocycles. The van der Waals surface area contributed by atoms with Crippen molar-refractivity contribution in [3.63, 3.8) is 0 Å². The van der Waals surface area contributed by atoms with Gasteiger partial charge in [0.25, 0.3) is 0 Å². The first-order valence-electron chi connectivity index (χ1n) is 9.26. The second kappa shape index (κ2) is 7.47. The second-order valence-corrected chi connectivity index (χ2v) is 7.18. The van der Waals surface area contributed by atoms with Crippen LogP contribution in [0, 0.1) is 5.92 Å². The molecule has 3 heterocycles. The van der Waals surface area contributed by atoms with E-state index in [1.54, 1.807) is 6.92 Å². The fourth-order valence-electron chi connectivity index (χ4n) is 3.61. The SMILES string of the molecule is CCNC(=O)[C@@H]1CCN(c2nc(N(C)C)nc3c2CCN(C(C)=O)C3)C1. The number of amides is 2. The number of hydrogen-bond donors (Lipinski definition) is 1. The Hall–Kier alpha value is -2.38. The van der Waals surface area contributed by atoms with Crippen molar-refractivity contribution in [3.05, 3.63) is 11.3 Å². The first-order valence-corrected chi connectivity index (χ1v) is 9.26. The molecular formula is C18H28N6O2. The Kier molecular flexibility index (Phi) is 5.29. The average molecular weight is 360 g/mol. The first-order chi connectivity index (χ1) is 12.4. The number of anilines is 2. The molecule has 1 N–H and O–H groups in total. The molecule has 0 spiro atoms. The highest BCUT2D eigenvalue weighted by molar-refractivity contribution is 5.80. The van der Waals surface area contributed by atoms with Gasteiger partial charge >= 0.3 is 0 Å². The Balaban J connectivity index is 1.90. The zero-order valence-electron chi connectivity index (χ0n) is 16.1. The molecule has 0 radical (unpaired) electrons. The lowest BCUT2D eigenvalue weighted by Crippen LogP contribution is -2.37. The number of carbonyl (C=O) groups is 2. The quantitative estimate of drug-likeness (QED) is 0.838. The van der Waals surface area contributed by atoms with Gasteiger partial charge in [0.2, 0.25) is 17.8 Å². The van der Waals surface area contributed by atoms with Crippen molar-refractivity contribution in [2.24, 2.45) is 5.92 Å². The van der Waals surface area contributed by atoms with Crippen LogP contribution in [0.25, 0.3) is 0 Å². The Morgan fingerprint density at radius 2 is 2.04 bits per heavy atom. The summed E-state index contributed by atoms with van der Waals surface area (Å²) in [6.07, 6.45) is 1.59. The van der Waals surface area contributed by atoms with Crippen LogP contribution in [-0.2, 0) is 22.6 Å². The highest BCUT2D eigenvalue weighted by Gasteiger charge is 2.32. The van der Waals surface area contributed by atoms with Crippen molar-refractivity contribution in [3.8, 4) is 0 Å². The highest BCUT2D eigenvalue weighted by Crippen LogP contribution is 2.31. The fourth-order valence-corrected chi connectivity index (χ4v) is 3.61. The van der Waals surface area contributed by atoms with E-state index < -0.39 is 0 Å². The lowest BCUT2D eigenvalue weighted by atomic mass is 10.0. The monoisotopic (exact) mass is 360 g/mol. The van der Waals surface area contributed by atoms with Crippen molar-refractivity contribution in [2.45, 2.75) is 33.2 Å². The van der Waals surface area contributed by atoms with Gasteiger partial charge in [0, 0.05) is 52.8 Å². The lowest BCUT2D eigenvalue weighted by molar-refractivity contribution is -0.129. The van der Waals surface area contributed by atoms with E-state index in [-0.39, 0.29) is 17.7 Å². The van der Waals surface area contributed by atoms with Crippen LogP contribution < -0.4 is 15.1 Å². The topological polar surface area (TPSA) is 81.7 Å². The normalized spacial score (nSPS) is 19.3. The lowest BCUT2D eigenvalue weighted by Gasteiger charge is -2.31. The summed E-state index contributed by atoms with van der Waals surface area (Å²) in [4.78, 5) is 39.3. The molecule has 0 aromatic carbocycles. The first kappa shape index (κ1) is 18.4. The zero-order chi connectivity index (χ0) is 18.8. The van der Waals surface area contributed by atoms with Crippen LogP contribution in [-0.4, -0.2) is 67.0 Å². The van der Waals surface area contributed by atoms with Gasteiger partial charge in [-0.25, -0.2) is 4.98 Å². The largest absolute Gasteiger partial charge is 0.356 e. The average Bonchev–Trinajstić information content (AvgIpc) is 3.10. The third-order valence-corrected chi connectivity index (χ3v) is 5.09. The summed E-state index contributed by atoms with van der Waals surface area (Å²) in [5, 5.41) is 2.92. The van der Waals surface area contributed by atoms with Gasteiger partial charge in [-0.3, -0.25) is 9.59 Å². The molecule has 1 fully saturated rings. The molecule has 0 saturated carbocycles. The van der Waals surface area contributed by atoms with E-state index in [2.05, 4.69) is 15.2 Å². The van der Waals surface area contributed by atoms with Gasteiger partial charge in [0.15, 0.2) is 0 Å². The van der Waals surface area contributed by atoms with E-state index in [1.165, 1.54) is 0 Å². The molecule has 142 valence electrons. The third-order valence-electron chi connectivity index (χ3n) is 5.09. The van der Waals surface area contributed by atoms with E-state index in [4.69, 9.17) is 4.98 Å². The van der Waals surface area contributed by atoms with Crippen LogP contribution in [0.2, 0.25) is 0 Å². The van der Waals surface area contributed by atoms with E-state index in [9.17, 15) is 9.59 Å². The number of hydrogen-bond acceptors (Lipinski definition) is 6. The molecule has 0 bridgehead atoms. The Labute approximate surface area is 154 Å². The molecule has 3 rings (SSSR count). The molecule has 1 aromatic rings. The van der Waals surface area contributed by atoms with Crippen LogP contribution >= 0.6 is 0 Å². The number of aromatic nitrogens is 2. The van der Waals surface area contributed by atoms with E-state index in [1.807, 2.05) is 30.8 Å². The smallest absolute Gasteiger partial charge is 0.227 e. The summed E-state index contributed by atoms with van der Waals surface area (Å²) in [7, 11) is 3.83. The predicted molar refractivity (Wildman–Crippen MR) is 100 cm³/mol. The van der Waals surface area contributed by atoms with Gasteiger partial charge in [-0.1, -0.05) is 0 Å². The molecule has 0 aliphatic carbocycles. The molecule has 26 heavy (non-hydrogen) atoms. The van der Waals surface area contributed by atoms with Crippen molar-refractivity contribution in [1.29, 1.82) is 0 Å². The van der Waals surface area contributed by atoms with Gasteiger partial charge in [-0.05, 0) is 19.8 Å². The highest BCUT2D eigenvalue weighted by atomic mass is 16.2. The van der Waals surface area contributed by atoms with Gasteiger partial charge < -0.3 is 20.0 Å². The summed E-state index contributed by atoms with van der Waals surface area (Å²) in [5.74, 6) is 1.76. The number of nitrogens with zero attached hydrogens (tertiary/aromatic N) is 5. The van der Waals surface area contributed by atoms with Crippen LogP contribution in [0.5, 0.6) is 0 Å². The van der Waals surface area contributed by atoms with Gasteiger partial charge in [-0.15, -0.1) is 0 Å². The number of carbonyl (C=O) groups excluding carboxylic acids is 2. The standard InChI is InChI=1S/C18H28N6O2/c1-5-19-17(26)13-6-8-24(10-13)16-14-7-9-23(12(2)25)11-15(14)20-18(21-16)22(3)4/h13H,5-11H2,1-4H3,(H,19,26)/t13-/m1/s1. The number of nitrogens with one attached hydrogen (secondary N) is 1. The molecule has 2 aliphatic heterocycles. The Morgan fingerprint density at radius 1 is 1.27 bits per heavy atom. The second-order valence-electron chi connectivity index (χ2n) is 7.18. The molecule has 1 atom stereocenters. The van der Waals surface area contributed by atoms with Crippen LogP contribution in [0.3, 0.4) is 0 Å². The van der Waals surface area contributed by atoms with Crippen molar-refractivity contribution >= 4 is 23.6 Å². The van der Waals surface area contributed by atoms with Crippen molar-refractivity contribution < 1.29 is 9.59 Å². The minimum atomic E-state index is 0.000630. The molecule has 0 unspecified atom stereocenters. The molecule has 2 aliphatic rings. The summed E-state index contributed by atoms with van der Waals surface area (Å²) in [5.41, 5.74) is 2.03. The minimum Gasteiger partial charge on any atom is -0.356 e. The summed E-state index contributed by atoms with van der Waals surface area (Å²) in [6.45, 7) is 6.89. The van der Waals surface area contributed by atoms with Crippen LogP contribution in [0.1, 0.15) is 31.5 Å². The number of fused-ring (bicyclic) bond motifs is 1. The van der Waals surface area contributed by atoms with E-state index in [0.29, 0.717) is 32.1 Å². The van der Waals surface area contributed by atoms with Gasteiger partial charge in [-0.2, -0.15) is 4.98 Å². The fraction of sp³-hybridized carbons (Fsp3) is 0.667. The van der Waals surface area contributed by atoms with Crippen molar-refractivity contribution in [2.75, 3.05) is 50.1 Å². The number of rotatable bonds is 4. The zero-order valence-corrected chi connectivity index (χ0v) is 16.1. The Bertz CT molecular complexity index is 705. The summed E-state index contributed by atoms with van der Waals surface area (Å²) >= 11 is 0. The van der Waals surface area contributed by atoms with E-state index >= 15 is 0 Å². The Morgan fingerprint density at radius 3 is 2.69 bits per heavy atom. The van der Waals surface area contributed by atoms with E-state index in [0.717, 1.165) is 36.5 Å². The minimum absolute atomic E-state index is 0.000630. The molecule has 8 heteroatoms. The molecule has 1 aromatic heterocycles. The third kappa shape index (κ3) is 3.59. The van der Waals surface area contributed by atoms with Gasteiger partial charge in [0.05, 0.1) is 18.2 Å². The predicted octanol–water partition coefficient (Wildman–Crippen LogP) is 0.410. The maximum atomic E-state index is 12.2. The summed E-state index contributed by atoms with van der Waals surface area (Å²) in [6, 6.07) is 0. The van der Waals surface area contributed by atoms with Crippen molar-refractivity contribution in [1.82, 2.24) is 20.2 Å². The summed E-state index contributed by atoms with van der Waals surface area (Å²) < 4.78 is 0. The maximum absolute atomic E-state index is 12.2. The van der Waals surface area contributed by atoms with Gasteiger partial charge in [0.1, 0.15) is 5.82 Å². The maximum Gasteiger partial charge on any atom is 0.227 e. The molecule has 8 nitrogen and oxygen atoms in total. The van der Waals surface area contributed by atoms with Crippen LogP contribution in [0.15, 0.2) is 0 Å². The molecular weight excluding hydrogens is 332 g/mol.